The van der Waals surface area contributed by atoms with Crippen molar-refractivity contribution in [3.8, 4) is 6.07 Å². The third-order valence-corrected chi connectivity index (χ3v) is 5.43. The Balaban J connectivity index is 1.94. The van der Waals surface area contributed by atoms with Crippen LogP contribution in [-0.2, 0) is 14.3 Å². The molecule has 10 heteroatoms. The number of nitriles is 1. The Labute approximate surface area is 180 Å². The van der Waals surface area contributed by atoms with E-state index >= 15 is 0 Å². The quantitative estimate of drug-likeness (QED) is 0.657. The maximum atomic E-state index is 12.4. The molecule has 1 aromatic rings. The van der Waals surface area contributed by atoms with E-state index in [0.717, 1.165) is 0 Å². The fourth-order valence-electron chi connectivity index (χ4n) is 2.94. The van der Waals surface area contributed by atoms with Crippen LogP contribution in [0.3, 0.4) is 0 Å². The molecule has 2 amide bonds. The number of amides is 2. The number of nitrogens with one attached hydrogen (secondary N) is 2. The number of ether oxygens (including phenoxy) is 2. The summed E-state index contributed by atoms with van der Waals surface area (Å²) in [5.74, 6) is -0.761. The fraction of sp³-hybridized carbons (Fsp3) is 0.600. The maximum Gasteiger partial charge on any atom is 0.408 e. The van der Waals surface area contributed by atoms with Crippen LogP contribution in [0.1, 0.15) is 56.3 Å². The molecule has 1 aliphatic heterocycles. The van der Waals surface area contributed by atoms with Crippen LogP contribution in [-0.4, -0.2) is 55.4 Å². The highest BCUT2D eigenvalue weighted by Crippen LogP contribution is 2.34. The molecule has 0 aliphatic carbocycles. The van der Waals surface area contributed by atoms with E-state index in [2.05, 4.69) is 16.7 Å². The van der Waals surface area contributed by atoms with Crippen molar-refractivity contribution in [1.82, 2.24) is 10.6 Å². The number of alkyl carbamates (subject to hydrolysis) is 1. The number of rotatable bonds is 6. The first-order valence-corrected chi connectivity index (χ1v) is 10.6. The van der Waals surface area contributed by atoms with Gasteiger partial charge in [-0.25, -0.2) is 9.59 Å². The summed E-state index contributed by atoms with van der Waals surface area (Å²) >= 11 is 1.21. The first kappa shape index (κ1) is 23.5. The molecule has 1 aromatic heterocycles. The molecule has 2 atom stereocenters. The zero-order valence-corrected chi connectivity index (χ0v) is 18.7. The standard InChI is InChI=1S/C20H28N4O5S/c1-6-28-18(26)15-9-13(10-21)17(30-15)24-8-7-14(11-24)23-16(25)12(2)22-19(27)29-20(3,4)5/h9,12,14H,6-8,11H2,1-5H3,(H,22,27)(H,23,25)/t12-,14-/m0/s1. The molecule has 1 aliphatic rings. The van der Waals surface area contributed by atoms with Crippen molar-refractivity contribution in [2.45, 2.75) is 58.7 Å². The third-order valence-electron chi connectivity index (χ3n) is 4.26. The van der Waals surface area contributed by atoms with Crippen molar-refractivity contribution in [3.05, 3.63) is 16.5 Å². The van der Waals surface area contributed by atoms with Gasteiger partial charge in [0.05, 0.1) is 12.2 Å². The Hall–Kier alpha value is -2.80. The van der Waals surface area contributed by atoms with Gasteiger partial charge in [0.1, 0.15) is 27.6 Å². The van der Waals surface area contributed by atoms with E-state index in [9.17, 15) is 19.6 Å². The van der Waals surface area contributed by atoms with E-state index < -0.39 is 23.7 Å². The number of thiophene rings is 1. The average Bonchev–Trinajstić information content (AvgIpc) is 3.26. The predicted octanol–water partition coefficient (Wildman–Crippen LogP) is 2.40. The molecule has 9 nitrogen and oxygen atoms in total. The van der Waals surface area contributed by atoms with Gasteiger partial charge < -0.3 is 25.0 Å². The molecule has 164 valence electrons. The van der Waals surface area contributed by atoms with Crippen LogP contribution in [0, 0.1) is 11.3 Å². The normalized spacial score (nSPS) is 17.1. The number of nitrogens with zero attached hydrogens (tertiary/aromatic N) is 2. The van der Waals surface area contributed by atoms with Gasteiger partial charge in [-0.3, -0.25) is 4.79 Å². The van der Waals surface area contributed by atoms with Crippen LogP contribution in [0.5, 0.6) is 0 Å². The number of carbonyl (C=O) groups excluding carboxylic acids is 3. The van der Waals surface area contributed by atoms with Gasteiger partial charge >= 0.3 is 12.1 Å². The highest BCUT2D eigenvalue weighted by Gasteiger charge is 2.30. The van der Waals surface area contributed by atoms with Gasteiger partial charge in [-0.2, -0.15) is 5.26 Å². The summed E-state index contributed by atoms with van der Waals surface area (Å²) in [5, 5.41) is 15.5. The van der Waals surface area contributed by atoms with Gasteiger partial charge in [0.2, 0.25) is 5.91 Å². The number of hydrogen-bond acceptors (Lipinski definition) is 8. The number of anilines is 1. The monoisotopic (exact) mass is 436 g/mol. The summed E-state index contributed by atoms with van der Waals surface area (Å²) in [6, 6.07) is 2.77. The van der Waals surface area contributed by atoms with Crippen molar-refractivity contribution < 1.29 is 23.9 Å². The Morgan fingerprint density at radius 1 is 1.40 bits per heavy atom. The van der Waals surface area contributed by atoms with E-state index in [1.165, 1.54) is 17.4 Å². The molecule has 0 radical (unpaired) electrons. The molecule has 2 heterocycles. The van der Waals surface area contributed by atoms with Crippen molar-refractivity contribution in [3.63, 3.8) is 0 Å². The Kier molecular flexibility index (Phi) is 7.67. The largest absolute Gasteiger partial charge is 0.462 e. The Morgan fingerprint density at radius 3 is 2.70 bits per heavy atom. The molecule has 0 bridgehead atoms. The van der Waals surface area contributed by atoms with Crippen molar-refractivity contribution in [1.29, 1.82) is 5.26 Å². The minimum Gasteiger partial charge on any atom is -0.462 e. The summed E-state index contributed by atoms with van der Waals surface area (Å²) in [6.07, 6.45) is 0.0320. The summed E-state index contributed by atoms with van der Waals surface area (Å²) in [6.45, 7) is 9.96. The van der Waals surface area contributed by atoms with Gasteiger partial charge in [0, 0.05) is 19.1 Å². The SMILES string of the molecule is CCOC(=O)c1cc(C#N)c(N2CC[C@H](NC(=O)[C@H](C)NC(=O)OC(C)(C)C)C2)s1. The fourth-order valence-corrected chi connectivity index (χ4v) is 3.97. The van der Waals surface area contributed by atoms with Crippen molar-refractivity contribution in [2.24, 2.45) is 0 Å². The topological polar surface area (TPSA) is 121 Å². The maximum absolute atomic E-state index is 12.4. The molecule has 0 unspecified atom stereocenters. The van der Waals surface area contributed by atoms with E-state index in [1.54, 1.807) is 34.6 Å². The number of carbonyl (C=O) groups is 3. The minimum atomic E-state index is -0.749. The lowest BCUT2D eigenvalue weighted by molar-refractivity contribution is -0.123. The molecule has 2 rings (SSSR count). The second-order valence-corrected chi connectivity index (χ2v) is 9.00. The van der Waals surface area contributed by atoms with Gasteiger partial charge in [0.15, 0.2) is 0 Å². The summed E-state index contributed by atoms with van der Waals surface area (Å²) in [7, 11) is 0. The zero-order valence-electron chi connectivity index (χ0n) is 17.9. The molecule has 1 fully saturated rings. The van der Waals surface area contributed by atoms with E-state index in [0.29, 0.717) is 35.0 Å². The Morgan fingerprint density at radius 2 is 2.10 bits per heavy atom. The van der Waals surface area contributed by atoms with Gasteiger partial charge in [-0.05, 0) is 47.1 Å². The van der Waals surface area contributed by atoms with Gasteiger partial charge in [-0.15, -0.1) is 11.3 Å². The summed E-state index contributed by atoms with van der Waals surface area (Å²) in [4.78, 5) is 38.6. The lowest BCUT2D eigenvalue weighted by Gasteiger charge is -2.22. The second-order valence-electron chi connectivity index (χ2n) is 7.97. The third kappa shape index (κ3) is 6.35. The Bertz CT molecular complexity index is 839. The van der Waals surface area contributed by atoms with E-state index in [1.807, 2.05) is 4.90 Å². The van der Waals surface area contributed by atoms with Crippen LogP contribution >= 0.6 is 11.3 Å². The van der Waals surface area contributed by atoms with Gasteiger partial charge in [0.25, 0.3) is 0 Å². The van der Waals surface area contributed by atoms with Crippen LogP contribution in [0.2, 0.25) is 0 Å². The van der Waals surface area contributed by atoms with Crippen LogP contribution in [0.25, 0.3) is 0 Å². The minimum absolute atomic E-state index is 0.139. The lowest BCUT2D eigenvalue weighted by atomic mass is 10.2. The van der Waals surface area contributed by atoms with Gasteiger partial charge in [-0.1, -0.05) is 0 Å². The first-order valence-electron chi connectivity index (χ1n) is 9.80. The van der Waals surface area contributed by atoms with Crippen LogP contribution < -0.4 is 15.5 Å². The molecule has 0 spiro atoms. The number of hydrogen-bond donors (Lipinski definition) is 2. The molecular weight excluding hydrogens is 408 g/mol. The van der Waals surface area contributed by atoms with Crippen molar-refractivity contribution >= 4 is 34.3 Å². The van der Waals surface area contributed by atoms with Crippen LogP contribution in [0.4, 0.5) is 9.80 Å². The molecule has 1 saturated heterocycles. The molecule has 0 aromatic carbocycles. The predicted molar refractivity (Wildman–Crippen MR) is 113 cm³/mol. The smallest absolute Gasteiger partial charge is 0.408 e. The zero-order chi connectivity index (χ0) is 22.5. The second kappa shape index (κ2) is 9.80. The lowest BCUT2D eigenvalue weighted by Crippen LogP contribution is -2.49. The summed E-state index contributed by atoms with van der Waals surface area (Å²) < 4.78 is 10.2. The van der Waals surface area contributed by atoms with Crippen LogP contribution in [0.15, 0.2) is 6.07 Å². The molecule has 2 N–H and O–H groups in total. The molecule has 30 heavy (non-hydrogen) atoms. The average molecular weight is 437 g/mol. The molecular formula is C20H28N4O5S. The highest BCUT2D eigenvalue weighted by atomic mass is 32.1. The van der Waals surface area contributed by atoms with E-state index in [-0.39, 0.29) is 18.6 Å². The first-order chi connectivity index (χ1) is 14.0. The van der Waals surface area contributed by atoms with Crippen molar-refractivity contribution in [2.75, 3.05) is 24.6 Å². The number of esters is 1. The highest BCUT2D eigenvalue weighted by molar-refractivity contribution is 7.18. The summed E-state index contributed by atoms with van der Waals surface area (Å²) in [5.41, 5.74) is -0.233. The van der Waals surface area contributed by atoms with E-state index in [4.69, 9.17) is 9.47 Å². The molecule has 0 saturated carbocycles.